The van der Waals surface area contributed by atoms with Crippen LogP contribution >= 0.6 is 0 Å². The highest BCUT2D eigenvalue weighted by Crippen LogP contribution is 2.21. The fourth-order valence-electron chi connectivity index (χ4n) is 2.10. The zero-order valence-electron chi connectivity index (χ0n) is 12.4. The maximum atomic E-state index is 14.2. The Labute approximate surface area is 124 Å². The Morgan fingerprint density at radius 1 is 1.33 bits per heavy atom. The van der Waals surface area contributed by atoms with Crippen LogP contribution in [0.2, 0.25) is 0 Å². The van der Waals surface area contributed by atoms with E-state index in [0.29, 0.717) is 25.4 Å². The molecule has 0 aliphatic rings. The number of hydrogen-bond acceptors (Lipinski definition) is 4. The molecule has 0 saturated heterocycles. The van der Waals surface area contributed by atoms with Gasteiger partial charge in [-0.1, -0.05) is 6.07 Å². The van der Waals surface area contributed by atoms with Crippen molar-refractivity contribution in [3.63, 3.8) is 0 Å². The predicted octanol–water partition coefficient (Wildman–Crippen LogP) is 2.79. The Balaban J connectivity index is 1.94. The van der Waals surface area contributed by atoms with E-state index in [9.17, 15) is 4.39 Å². The van der Waals surface area contributed by atoms with Crippen LogP contribution in [0, 0.1) is 5.82 Å². The first-order valence-electron chi connectivity index (χ1n) is 6.92. The van der Waals surface area contributed by atoms with Crippen LogP contribution in [0.15, 0.2) is 41.0 Å². The lowest BCUT2D eigenvalue weighted by Crippen LogP contribution is -2.20. The fourth-order valence-corrected chi connectivity index (χ4v) is 2.10. The molecular formula is C16H21FN2O2. The molecule has 4 nitrogen and oxygen atoms in total. The van der Waals surface area contributed by atoms with Gasteiger partial charge in [-0.2, -0.15) is 0 Å². The summed E-state index contributed by atoms with van der Waals surface area (Å²) < 4.78 is 24.4. The summed E-state index contributed by atoms with van der Waals surface area (Å²) in [6.07, 6.45) is 1.62. The number of rotatable bonds is 8. The molecule has 114 valence electrons. The number of anilines is 1. The van der Waals surface area contributed by atoms with E-state index in [4.69, 9.17) is 9.15 Å². The Bertz CT molecular complexity index is 543. The van der Waals surface area contributed by atoms with Gasteiger partial charge < -0.3 is 19.4 Å². The molecule has 21 heavy (non-hydrogen) atoms. The second kappa shape index (κ2) is 7.81. The molecule has 0 saturated carbocycles. The zero-order valence-corrected chi connectivity index (χ0v) is 12.4. The number of ether oxygens (including phenoxy) is 1. The van der Waals surface area contributed by atoms with Crippen molar-refractivity contribution in [1.29, 1.82) is 0 Å². The Morgan fingerprint density at radius 3 is 2.86 bits per heavy atom. The quantitative estimate of drug-likeness (QED) is 0.759. The minimum atomic E-state index is -0.227. The molecular weight excluding hydrogens is 271 g/mol. The van der Waals surface area contributed by atoms with Gasteiger partial charge in [0.2, 0.25) is 0 Å². The van der Waals surface area contributed by atoms with Crippen LogP contribution in [-0.4, -0.2) is 27.3 Å². The molecule has 0 amide bonds. The minimum absolute atomic E-state index is 0.227. The summed E-state index contributed by atoms with van der Waals surface area (Å²) in [6, 6.07) is 8.99. The molecule has 1 aromatic carbocycles. The standard InChI is InChI=1S/C16H21FN2O2/c1-19(12-14-4-3-8-21-14)16-6-5-13(10-15(16)17)11-18-7-9-20-2/h3-6,8,10,18H,7,9,11-12H2,1-2H3. The highest BCUT2D eigenvalue weighted by molar-refractivity contribution is 5.48. The molecule has 2 rings (SSSR count). The van der Waals surface area contributed by atoms with Gasteiger partial charge in [-0.25, -0.2) is 4.39 Å². The summed E-state index contributed by atoms with van der Waals surface area (Å²) >= 11 is 0. The number of nitrogens with one attached hydrogen (secondary N) is 1. The van der Waals surface area contributed by atoms with Crippen molar-refractivity contribution >= 4 is 5.69 Å². The molecule has 0 radical (unpaired) electrons. The van der Waals surface area contributed by atoms with Crippen molar-refractivity contribution < 1.29 is 13.5 Å². The Morgan fingerprint density at radius 2 is 2.19 bits per heavy atom. The van der Waals surface area contributed by atoms with Gasteiger partial charge in [0.05, 0.1) is 25.1 Å². The van der Waals surface area contributed by atoms with E-state index >= 15 is 0 Å². The van der Waals surface area contributed by atoms with Crippen molar-refractivity contribution in [3.8, 4) is 0 Å². The van der Waals surface area contributed by atoms with Crippen LogP contribution < -0.4 is 10.2 Å². The summed E-state index contributed by atoms with van der Waals surface area (Å²) in [5.74, 6) is 0.581. The zero-order chi connectivity index (χ0) is 15.1. The lowest BCUT2D eigenvalue weighted by atomic mass is 10.2. The fraction of sp³-hybridized carbons (Fsp3) is 0.375. The number of methoxy groups -OCH3 is 1. The molecule has 0 unspecified atom stereocenters. The maximum Gasteiger partial charge on any atom is 0.146 e. The second-order valence-electron chi connectivity index (χ2n) is 4.89. The summed E-state index contributed by atoms with van der Waals surface area (Å²) in [4.78, 5) is 1.83. The molecule has 0 fully saturated rings. The predicted molar refractivity (Wildman–Crippen MR) is 80.8 cm³/mol. The SMILES string of the molecule is COCCNCc1ccc(N(C)Cc2ccco2)c(F)c1. The van der Waals surface area contributed by atoms with Gasteiger partial charge in [-0.05, 0) is 29.8 Å². The lowest BCUT2D eigenvalue weighted by molar-refractivity contribution is 0.199. The van der Waals surface area contributed by atoms with Gasteiger partial charge in [-0.3, -0.25) is 0 Å². The van der Waals surface area contributed by atoms with Gasteiger partial charge in [-0.15, -0.1) is 0 Å². The van der Waals surface area contributed by atoms with Gasteiger partial charge in [0.15, 0.2) is 0 Å². The lowest BCUT2D eigenvalue weighted by Gasteiger charge is -2.19. The number of furan rings is 1. The average Bonchev–Trinajstić information content (AvgIpc) is 2.96. The van der Waals surface area contributed by atoms with Crippen LogP contribution in [0.4, 0.5) is 10.1 Å². The summed E-state index contributed by atoms with van der Waals surface area (Å²) in [7, 11) is 3.50. The molecule has 2 aromatic rings. The maximum absolute atomic E-state index is 14.2. The molecule has 1 N–H and O–H groups in total. The number of benzene rings is 1. The number of halogens is 1. The van der Waals surface area contributed by atoms with E-state index in [1.165, 1.54) is 0 Å². The first kappa shape index (κ1) is 15.5. The molecule has 5 heteroatoms. The van der Waals surface area contributed by atoms with Crippen molar-refractivity contribution in [2.75, 3.05) is 32.2 Å². The van der Waals surface area contributed by atoms with Gasteiger partial charge in [0.1, 0.15) is 11.6 Å². The second-order valence-corrected chi connectivity index (χ2v) is 4.89. The number of hydrogen-bond donors (Lipinski definition) is 1. The molecule has 0 aliphatic carbocycles. The van der Waals surface area contributed by atoms with E-state index in [2.05, 4.69) is 5.32 Å². The average molecular weight is 292 g/mol. The third-order valence-electron chi connectivity index (χ3n) is 3.21. The summed E-state index contributed by atoms with van der Waals surface area (Å²) in [5, 5.41) is 3.19. The monoisotopic (exact) mass is 292 g/mol. The molecule has 1 heterocycles. The van der Waals surface area contributed by atoms with E-state index in [-0.39, 0.29) is 5.82 Å². The third kappa shape index (κ3) is 4.58. The third-order valence-corrected chi connectivity index (χ3v) is 3.21. The smallest absolute Gasteiger partial charge is 0.146 e. The molecule has 0 spiro atoms. The summed E-state index contributed by atoms with van der Waals surface area (Å²) in [5.41, 5.74) is 1.48. The van der Waals surface area contributed by atoms with Crippen LogP contribution in [0.5, 0.6) is 0 Å². The summed E-state index contributed by atoms with van der Waals surface area (Å²) in [6.45, 7) is 2.56. The van der Waals surface area contributed by atoms with E-state index < -0.39 is 0 Å². The van der Waals surface area contributed by atoms with E-state index in [1.807, 2.05) is 30.1 Å². The molecule has 0 atom stereocenters. The van der Waals surface area contributed by atoms with Crippen LogP contribution in [0.25, 0.3) is 0 Å². The minimum Gasteiger partial charge on any atom is -0.467 e. The highest BCUT2D eigenvalue weighted by atomic mass is 19.1. The highest BCUT2D eigenvalue weighted by Gasteiger charge is 2.10. The number of nitrogens with zero attached hydrogens (tertiary/aromatic N) is 1. The largest absolute Gasteiger partial charge is 0.467 e. The van der Waals surface area contributed by atoms with Crippen molar-refractivity contribution in [3.05, 3.63) is 53.7 Å². The Hall–Kier alpha value is -1.85. The van der Waals surface area contributed by atoms with Crippen LogP contribution in [0.1, 0.15) is 11.3 Å². The van der Waals surface area contributed by atoms with Crippen LogP contribution in [-0.2, 0) is 17.8 Å². The van der Waals surface area contributed by atoms with Gasteiger partial charge in [0, 0.05) is 27.2 Å². The van der Waals surface area contributed by atoms with Gasteiger partial charge >= 0.3 is 0 Å². The van der Waals surface area contributed by atoms with E-state index in [1.54, 1.807) is 25.5 Å². The van der Waals surface area contributed by atoms with Gasteiger partial charge in [0.25, 0.3) is 0 Å². The van der Waals surface area contributed by atoms with Crippen molar-refractivity contribution in [1.82, 2.24) is 5.32 Å². The van der Waals surface area contributed by atoms with E-state index in [0.717, 1.165) is 17.9 Å². The van der Waals surface area contributed by atoms with Crippen molar-refractivity contribution in [2.24, 2.45) is 0 Å². The molecule has 0 bridgehead atoms. The first-order chi connectivity index (χ1) is 10.2. The van der Waals surface area contributed by atoms with Crippen molar-refractivity contribution in [2.45, 2.75) is 13.1 Å². The molecule has 0 aliphatic heterocycles. The molecule has 1 aromatic heterocycles. The normalized spacial score (nSPS) is 10.8. The Kier molecular flexibility index (Phi) is 5.78. The first-order valence-corrected chi connectivity index (χ1v) is 6.92. The van der Waals surface area contributed by atoms with Crippen LogP contribution in [0.3, 0.4) is 0 Å². The topological polar surface area (TPSA) is 37.6 Å².